The molecule has 0 saturated heterocycles. The first-order chi connectivity index (χ1) is 19.7. The largest absolute Gasteiger partial charge is 0.491 e. The molecule has 0 radical (unpaired) electrons. The van der Waals surface area contributed by atoms with E-state index in [1.54, 1.807) is 31.3 Å². The van der Waals surface area contributed by atoms with Gasteiger partial charge in [0.2, 0.25) is 17.7 Å². The highest BCUT2D eigenvalue weighted by atomic mass is 16.6. The van der Waals surface area contributed by atoms with Crippen LogP contribution in [-0.4, -0.2) is 80.6 Å². The number of hydrogen-bond acceptors (Lipinski definition) is 7. The van der Waals surface area contributed by atoms with E-state index in [0.29, 0.717) is 43.3 Å². The van der Waals surface area contributed by atoms with Crippen LogP contribution in [0.4, 0.5) is 0 Å². The summed E-state index contributed by atoms with van der Waals surface area (Å²) in [6.07, 6.45) is 0.594. The summed E-state index contributed by atoms with van der Waals surface area (Å²) >= 11 is 0. The monoisotopic (exact) mass is 566 g/mol. The molecule has 0 aromatic heterocycles. The van der Waals surface area contributed by atoms with Crippen LogP contribution in [0.5, 0.6) is 17.2 Å². The van der Waals surface area contributed by atoms with Crippen molar-refractivity contribution in [2.75, 3.05) is 40.0 Å². The van der Waals surface area contributed by atoms with Crippen molar-refractivity contribution in [3.63, 3.8) is 0 Å². The Morgan fingerprint density at radius 3 is 2.49 bits per heavy atom. The van der Waals surface area contributed by atoms with Gasteiger partial charge in [0.1, 0.15) is 37.7 Å². The Hall–Kier alpha value is -4.28. The van der Waals surface area contributed by atoms with E-state index in [0.717, 1.165) is 5.56 Å². The smallest absolute Gasteiger partial charge is 0.255 e. The quantitative estimate of drug-likeness (QED) is 0.484. The second-order valence-electron chi connectivity index (χ2n) is 10.6. The van der Waals surface area contributed by atoms with E-state index in [-0.39, 0.29) is 43.5 Å². The molecule has 220 valence electrons. The molecule has 4 amide bonds. The van der Waals surface area contributed by atoms with Crippen LogP contribution in [0.25, 0.3) is 0 Å². The lowest BCUT2D eigenvalue weighted by Crippen LogP contribution is -2.53. The number of likely N-dealkylation sites (N-methyl/N-ethyl adjacent to an activating group) is 1. The average molecular weight is 567 g/mol. The first-order valence-corrected chi connectivity index (χ1v) is 13.9. The lowest BCUT2D eigenvalue weighted by molar-refractivity contribution is -0.136. The van der Waals surface area contributed by atoms with Gasteiger partial charge in [0.05, 0.1) is 18.5 Å². The molecule has 0 fully saturated rings. The highest BCUT2D eigenvalue weighted by Crippen LogP contribution is 2.30. The zero-order valence-electron chi connectivity index (χ0n) is 23.7. The summed E-state index contributed by atoms with van der Waals surface area (Å²) in [4.78, 5) is 54.3. The number of carbonyl (C=O) groups is 4. The number of carbonyl (C=O) groups excluding carboxylic acids is 4. The van der Waals surface area contributed by atoms with Crippen molar-refractivity contribution in [1.29, 1.82) is 0 Å². The van der Waals surface area contributed by atoms with Crippen molar-refractivity contribution in [3.8, 4) is 17.2 Å². The maximum Gasteiger partial charge on any atom is 0.255 e. The molecule has 4 rings (SSSR count). The van der Waals surface area contributed by atoms with Crippen LogP contribution in [0, 0.1) is 5.92 Å². The van der Waals surface area contributed by atoms with Gasteiger partial charge in [-0.25, -0.2) is 0 Å². The Kier molecular flexibility index (Phi) is 10.0. The van der Waals surface area contributed by atoms with Crippen molar-refractivity contribution in [1.82, 2.24) is 20.9 Å². The zero-order valence-corrected chi connectivity index (χ0v) is 23.7. The van der Waals surface area contributed by atoms with Gasteiger partial charge in [-0.05, 0) is 48.6 Å². The second kappa shape index (κ2) is 13.9. The number of amides is 4. The van der Waals surface area contributed by atoms with Gasteiger partial charge < -0.3 is 35.1 Å². The highest BCUT2D eigenvalue weighted by Gasteiger charge is 2.30. The van der Waals surface area contributed by atoms with E-state index in [2.05, 4.69) is 16.0 Å². The topological polar surface area (TPSA) is 135 Å². The van der Waals surface area contributed by atoms with Crippen molar-refractivity contribution < 1.29 is 33.4 Å². The summed E-state index contributed by atoms with van der Waals surface area (Å²) in [5.41, 5.74) is 1.17. The summed E-state index contributed by atoms with van der Waals surface area (Å²) < 4.78 is 17.0. The van der Waals surface area contributed by atoms with E-state index >= 15 is 0 Å². The van der Waals surface area contributed by atoms with Gasteiger partial charge in [-0.1, -0.05) is 32.0 Å². The van der Waals surface area contributed by atoms with Crippen molar-refractivity contribution >= 4 is 23.6 Å². The maximum atomic E-state index is 13.3. The number of nitrogens with one attached hydrogen (secondary N) is 3. The van der Waals surface area contributed by atoms with Gasteiger partial charge in [-0.2, -0.15) is 0 Å². The molecule has 0 unspecified atom stereocenters. The summed E-state index contributed by atoms with van der Waals surface area (Å²) in [5, 5.41) is 8.31. The van der Waals surface area contributed by atoms with E-state index in [9.17, 15) is 19.2 Å². The fraction of sp³-hybridized carbons (Fsp3) is 0.467. The van der Waals surface area contributed by atoms with Crippen LogP contribution in [0.2, 0.25) is 0 Å². The standard InChI is InChI=1S/C30H38N4O7/c1-19(2)16-23-30(38)34(3)12-13-39-24-7-5-4-6-21(24)28(36)33-22(18-27(35)32-23)29(37)31-11-10-20-8-9-25-26(17-20)41-15-14-40-25/h4-9,17,19,22-23H,10-16,18H2,1-3H3,(H,31,37)(H,32,35)(H,33,36)/t22-,23-/m0/s1. The lowest BCUT2D eigenvalue weighted by Gasteiger charge is -2.27. The molecule has 41 heavy (non-hydrogen) atoms. The van der Waals surface area contributed by atoms with Gasteiger partial charge in [0.25, 0.3) is 5.91 Å². The number of ether oxygens (including phenoxy) is 3. The minimum absolute atomic E-state index is 0.138. The average Bonchev–Trinajstić information content (AvgIpc) is 2.95. The molecular weight excluding hydrogens is 528 g/mol. The highest BCUT2D eigenvalue weighted by molar-refractivity contribution is 6.01. The van der Waals surface area contributed by atoms with Crippen molar-refractivity contribution in [2.45, 2.75) is 45.2 Å². The normalized spacial score (nSPS) is 19.8. The van der Waals surface area contributed by atoms with Crippen LogP contribution >= 0.6 is 0 Å². The molecule has 0 spiro atoms. The van der Waals surface area contributed by atoms with E-state index in [4.69, 9.17) is 14.2 Å². The number of nitrogens with zero attached hydrogens (tertiary/aromatic N) is 1. The van der Waals surface area contributed by atoms with Crippen LogP contribution in [-0.2, 0) is 20.8 Å². The minimum Gasteiger partial charge on any atom is -0.491 e. The van der Waals surface area contributed by atoms with Crippen molar-refractivity contribution in [2.24, 2.45) is 5.92 Å². The summed E-state index contributed by atoms with van der Waals surface area (Å²) in [6.45, 7) is 5.59. The molecule has 11 heteroatoms. The Bertz CT molecular complexity index is 1270. The summed E-state index contributed by atoms with van der Waals surface area (Å²) in [7, 11) is 1.65. The van der Waals surface area contributed by atoms with Crippen LogP contribution in [0.1, 0.15) is 42.6 Å². The van der Waals surface area contributed by atoms with Crippen molar-refractivity contribution in [3.05, 3.63) is 53.6 Å². The number of benzene rings is 2. The Morgan fingerprint density at radius 1 is 0.976 bits per heavy atom. The third-order valence-corrected chi connectivity index (χ3v) is 6.86. The van der Waals surface area contributed by atoms with Gasteiger partial charge in [0.15, 0.2) is 11.5 Å². The molecule has 2 atom stereocenters. The number of fused-ring (bicyclic) bond motifs is 2. The number of hydrogen-bond donors (Lipinski definition) is 3. The van der Waals surface area contributed by atoms with E-state index in [1.807, 2.05) is 32.0 Å². The Morgan fingerprint density at radius 2 is 1.71 bits per heavy atom. The summed E-state index contributed by atoms with van der Waals surface area (Å²) in [6, 6.07) is 10.3. The molecule has 2 aromatic rings. The maximum absolute atomic E-state index is 13.3. The number of rotatable bonds is 6. The van der Waals surface area contributed by atoms with Gasteiger partial charge >= 0.3 is 0 Å². The molecular formula is C30H38N4O7. The molecule has 2 aliphatic heterocycles. The van der Waals surface area contributed by atoms with E-state index in [1.165, 1.54) is 4.90 Å². The van der Waals surface area contributed by atoms with Gasteiger partial charge in [0, 0.05) is 13.6 Å². The first kappa shape index (κ1) is 29.7. The predicted molar refractivity (Wildman–Crippen MR) is 151 cm³/mol. The molecule has 2 heterocycles. The second-order valence-corrected chi connectivity index (χ2v) is 10.6. The van der Waals surface area contributed by atoms with Crippen LogP contribution < -0.4 is 30.2 Å². The van der Waals surface area contributed by atoms with E-state index < -0.39 is 29.8 Å². The molecule has 3 N–H and O–H groups in total. The lowest BCUT2D eigenvalue weighted by atomic mass is 10.0. The third kappa shape index (κ3) is 8.12. The minimum atomic E-state index is -1.17. The molecule has 0 saturated carbocycles. The van der Waals surface area contributed by atoms with Gasteiger partial charge in [-0.3, -0.25) is 19.2 Å². The molecule has 0 bridgehead atoms. The Balaban J connectivity index is 1.50. The third-order valence-electron chi connectivity index (χ3n) is 6.86. The molecule has 2 aromatic carbocycles. The SMILES string of the molecule is CC(C)C[C@@H]1NC(=O)C[C@@H](C(=O)NCCc2ccc3c(c2)OCCO3)NC(=O)c2ccccc2OCCN(C)C1=O. The van der Waals surface area contributed by atoms with Crippen LogP contribution in [0.15, 0.2) is 42.5 Å². The zero-order chi connectivity index (χ0) is 29.4. The summed E-state index contributed by atoms with van der Waals surface area (Å²) in [5.74, 6) is -0.00474. The van der Waals surface area contributed by atoms with Gasteiger partial charge in [-0.15, -0.1) is 0 Å². The molecule has 11 nitrogen and oxygen atoms in total. The Labute approximate surface area is 239 Å². The predicted octanol–water partition coefficient (Wildman–Crippen LogP) is 1.69. The molecule has 2 aliphatic rings. The molecule has 0 aliphatic carbocycles. The first-order valence-electron chi connectivity index (χ1n) is 13.9. The fourth-order valence-corrected chi connectivity index (χ4v) is 4.72. The number of para-hydroxylation sites is 1. The fourth-order valence-electron chi connectivity index (χ4n) is 4.72. The van der Waals surface area contributed by atoms with Crippen LogP contribution in [0.3, 0.4) is 0 Å².